The lowest BCUT2D eigenvalue weighted by Crippen LogP contribution is -2.22. The maximum atomic E-state index is 13.4. The van der Waals surface area contributed by atoms with Crippen molar-refractivity contribution in [3.63, 3.8) is 0 Å². The third kappa shape index (κ3) is 3.96. The highest BCUT2D eigenvalue weighted by Gasteiger charge is 2.19. The molecular weight excluding hydrogens is 438 g/mol. The van der Waals surface area contributed by atoms with Crippen LogP contribution in [-0.2, 0) is 4.79 Å². The molecule has 0 atom stereocenters. The lowest BCUT2D eigenvalue weighted by molar-refractivity contribution is -0.113. The van der Waals surface area contributed by atoms with Gasteiger partial charge in [-0.3, -0.25) is 14.2 Å². The van der Waals surface area contributed by atoms with Gasteiger partial charge >= 0.3 is 5.56 Å². The number of ether oxygens (including phenoxy) is 1. The van der Waals surface area contributed by atoms with Gasteiger partial charge in [-0.2, -0.15) is 0 Å². The molecule has 0 radical (unpaired) electrons. The van der Waals surface area contributed by atoms with Crippen molar-refractivity contribution in [1.82, 2.24) is 9.55 Å². The number of hydrogen-bond acceptors (Lipinski definition) is 6. The van der Waals surface area contributed by atoms with Gasteiger partial charge in [0.2, 0.25) is 11.5 Å². The van der Waals surface area contributed by atoms with E-state index in [9.17, 15) is 9.59 Å². The Bertz CT molecular complexity index is 1530. The lowest BCUT2D eigenvalue weighted by atomic mass is 10.2. The third-order valence-corrected chi connectivity index (χ3v) is 6.03. The number of para-hydroxylation sites is 4. The topological polar surface area (TPSA) is 86.4 Å². The van der Waals surface area contributed by atoms with Gasteiger partial charge in [-0.25, -0.2) is 4.98 Å². The fourth-order valence-electron chi connectivity index (χ4n) is 3.59. The van der Waals surface area contributed by atoms with Crippen LogP contribution in [0.25, 0.3) is 27.8 Å². The van der Waals surface area contributed by atoms with Crippen molar-refractivity contribution in [2.45, 2.75) is 5.16 Å². The molecular formula is C25H19N3O4S. The summed E-state index contributed by atoms with van der Waals surface area (Å²) >= 11 is 1.18. The summed E-state index contributed by atoms with van der Waals surface area (Å²) in [5.74, 6) is 0.385. The fourth-order valence-corrected chi connectivity index (χ4v) is 4.39. The van der Waals surface area contributed by atoms with Gasteiger partial charge in [0, 0.05) is 5.39 Å². The van der Waals surface area contributed by atoms with E-state index in [0.29, 0.717) is 33.4 Å². The molecule has 7 nitrogen and oxygen atoms in total. The maximum absolute atomic E-state index is 13.4. The van der Waals surface area contributed by atoms with Crippen LogP contribution in [0, 0.1) is 0 Å². The Kier molecular flexibility index (Phi) is 5.58. The predicted octanol–water partition coefficient (Wildman–Crippen LogP) is 4.87. The number of rotatable bonds is 6. The van der Waals surface area contributed by atoms with Crippen LogP contribution in [0.4, 0.5) is 5.69 Å². The molecule has 8 heteroatoms. The van der Waals surface area contributed by atoms with Crippen molar-refractivity contribution in [2.24, 2.45) is 0 Å². The highest BCUT2D eigenvalue weighted by molar-refractivity contribution is 7.99. The monoisotopic (exact) mass is 457 g/mol. The van der Waals surface area contributed by atoms with E-state index in [4.69, 9.17) is 14.1 Å². The SMILES string of the molecule is COc1ccccc1NC(=O)CSc1nc2c(oc3ccccc32)c(=O)n1-c1ccccc1. The Morgan fingerprint density at radius 2 is 1.76 bits per heavy atom. The van der Waals surface area contributed by atoms with Gasteiger partial charge < -0.3 is 14.5 Å². The highest BCUT2D eigenvalue weighted by atomic mass is 32.2. The Morgan fingerprint density at radius 1 is 1.03 bits per heavy atom. The summed E-state index contributed by atoms with van der Waals surface area (Å²) in [6, 6.07) is 23.8. The number of methoxy groups -OCH3 is 1. The van der Waals surface area contributed by atoms with Crippen LogP contribution >= 0.6 is 11.8 Å². The number of amides is 1. The molecule has 5 aromatic rings. The van der Waals surface area contributed by atoms with E-state index in [1.807, 2.05) is 60.7 Å². The number of carbonyl (C=O) groups excluding carboxylic acids is 1. The normalized spacial score (nSPS) is 11.1. The summed E-state index contributed by atoms with van der Waals surface area (Å²) in [4.78, 5) is 30.9. The smallest absolute Gasteiger partial charge is 0.302 e. The number of anilines is 1. The Balaban J connectivity index is 1.54. The van der Waals surface area contributed by atoms with Gasteiger partial charge in [0.25, 0.3) is 0 Å². The number of benzene rings is 3. The zero-order valence-corrected chi connectivity index (χ0v) is 18.5. The minimum Gasteiger partial charge on any atom is -0.495 e. The summed E-state index contributed by atoms with van der Waals surface area (Å²) in [7, 11) is 1.55. The van der Waals surface area contributed by atoms with Crippen molar-refractivity contribution < 1.29 is 13.9 Å². The number of fused-ring (bicyclic) bond motifs is 3. The van der Waals surface area contributed by atoms with E-state index in [1.54, 1.807) is 25.3 Å². The average molecular weight is 458 g/mol. The number of nitrogens with one attached hydrogen (secondary N) is 1. The van der Waals surface area contributed by atoms with E-state index in [-0.39, 0.29) is 22.8 Å². The molecule has 2 heterocycles. The molecule has 0 bridgehead atoms. The molecule has 0 unspecified atom stereocenters. The summed E-state index contributed by atoms with van der Waals surface area (Å²) in [6.07, 6.45) is 0. The zero-order valence-electron chi connectivity index (χ0n) is 17.6. The first-order chi connectivity index (χ1) is 16.2. The van der Waals surface area contributed by atoms with E-state index < -0.39 is 0 Å². The van der Waals surface area contributed by atoms with Gasteiger partial charge in [0.15, 0.2) is 5.16 Å². The minimum atomic E-state index is -0.324. The standard InChI is InChI=1S/C25H19N3O4S/c1-31-20-14-8-6-12-18(20)26-21(29)15-33-25-27-22-17-11-5-7-13-19(17)32-23(22)24(30)28(25)16-9-3-2-4-10-16/h2-14H,15H2,1H3,(H,26,29). The second-order valence-corrected chi connectivity index (χ2v) is 8.13. The van der Waals surface area contributed by atoms with Crippen molar-refractivity contribution in [3.8, 4) is 11.4 Å². The molecule has 3 aromatic carbocycles. The first-order valence-corrected chi connectivity index (χ1v) is 11.2. The third-order valence-electron chi connectivity index (χ3n) is 5.09. The Morgan fingerprint density at radius 3 is 2.58 bits per heavy atom. The summed E-state index contributed by atoms with van der Waals surface area (Å²) in [5.41, 5.74) is 2.15. The van der Waals surface area contributed by atoms with Crippen molar-refractivity contribution in [2.75, 3.05) is 18.2 Å². The van der Waals surface area contributed by atoms with E-state index in [2.05, 4.69) is 5.32 Å². The van der Waals surface area contributed by atoms with Crippen LogP contribution in [0.15, 0.2) is 93.2 Å². The summed E-state index contributed by atoms with van der Waals surface area (Å²) < 4.78 is 12.6. The van der Waals surface area contributed by atoms with Gasteiger partial charge in [-0.15, -0.1) is 0 Å². The van der Waals surface area contributed by atoms with Crippen molar-refractivity contribution in [1.29, 1.82) is 0 Å². The van der Waals surface area contributed by atoms with Gasteiger partial charge in [-0.1, -0.05) is 54.2 Å². The lowest BCUT2D eigenvalue weighted by Gasteiger charge is -2.12. The van der Waals surface area contributed by atoms with Crippen LogP contribution < -0.4 is 15.6 Å². The molecule has 0 spiro atoms. The molecule has 0 aliphatic rings. The van der Waals surface area contributed by atoms with Gasteiger partial charge in [0.1, 0.15) is 16.8 Å². The van der Waals surface area contributed by atoms with E-state index in [1.165, 1.54) is 16.3 Å². The molecule has 0 saturated heterocycles. The number of hydrogen-bond donors (Lipinski definition) is 1. The molecule has 0 saturated carbocycles. The number of carbonyl (C=O) groups is 1. The minimum absolute atomic E-state index is 0.0542. The first-order valence-electron chi connectivity index (χ1n) is 10.2. The molecule has 1 amide bonds. The summed E-state index contributed by atoms with van der Waals surface area (Å²) in [5, 5.41) is 4.01. The first kappa shape index (κ1) is 20.8. The molecule has 5 rings (SSSR count). The average Bonchev–Trinajstić information content (AvgIpc) is 3.23. The largest absolute Gasteiger partial charge is 0.495 e. The van der Waals surface area contributed by atoms with Crippen LogP contribution in [0.3, 0.4) is 0 Å². The quantitative estimate of drug-likeness (QED) is 0.289. The van der Waals surface area contributed by atoms with Crippen LogP contribution in [0.5, 0.6) is 5.75 Å². The number of thioether (sulfide) groups is 1. The van der Waals surface area contributed by atoms with E-state index in [0.717, 1.165) is 5.39 Å². The van der Waals surface area contributed by atoms with Crippen LogP contribution in [0.2, 0.25) is 0 Å². The molecule has 0 aliphatic heterocycles. The molecule has 0 aliphatic carbocycles. The molecule has 1 N–H and O–H groups in total. The van der Waals surface area contributed by atoms with Crippen molar-refractivity contribution >= 4 is 45.4 Å². The molecule has 164 valence electrons. The molecule has 33 heavy (non-hydrogen) atoms. The maximum Gasteiger partial charge on any atom is 0.302 e. The van der Waals surface area contributed by atoms with Crippen molar-refractivity contribution in [3.05, 3.63) is 89.2 Å². The number of nitrogens with zero attached hydrogens (tertiary/aromatic N) is 2. The summed E-state index contributed by atoms with van der Waals surface area (Å²) in [6.45, 7) is 0. The zero-order chi connectivity index (χ0) is 22.8. The Hall–Kier alpha value is -4.04. The number of aromatic nitrogens is 2. The van der Waals surface area contributed by atoms with Crippen LogP contribution in [0.1, 0.15) is 0 Å². The second kappa shape index (κ2) is 8.84. The molecule has 2 aromatic heterocycles. The van der Waals surface area contributed by atoms with Crippen LogP contribution in [-0.4, -0.2) is 28.3 Å². The predicted molar refractivity (Wildman–Crippen MR) is 129 cm³/mol. The Labute approximate surface area is 193 Å². The van der Waals surface area contributed by atoms with Gasteiger partial charge in [0.05, 0.1) is 24.2 Å². The highest BCUT2D eigenvalue weighted by Crippen LogP contribution is 2.29. The molecule has 0 fully saturated rings. The second-order valence-electron chi connectivity index (χ2n) is 7.18. The fraction of sp³-hybridized carbons (Fsp3) is 0.0800. The van der Waals surface area contributed by atoms with Gasteiger partial charge in [-0.05, 0) is 36.4 Å². The number of furan rings is 1. The van der Waals surface area contributed by atoms with E-state index >= 15 is 0 Å².